The molecular formula is C19H29IN4O2. The van der Waals surface area contributed by atoms with Gasteiger partial charge in [-0.05, 0) is 32.8 Å². The van der Waals surface area contributed by atoms with Crippen LogP contribution in [0.3, 0.4) is 0 Å². The van der Waals surface area contributed by atoms with Crippen molar-refractivity contribution in [1.29, 1.82) is 0 Å². The first-order valence-electron chi connectivity index (χ1n) is 8.64. The molecule has 0 aliphatic carbocycles. The number of nitrogens with one attached hydrogen (secondary N) is 2. The van der Waals surface area contributed by atoms with E-state index in [4.69, 9.17) is 9.15 Å². The van der Waals surface area contributed by atoms with Crippen LogP contribution in [-0.2, 0) is 11.3 Å². The Kier molecular flexibility index (Phi) is 10.3. The second-order valence-corrected chi connectivity index (χ2v) is 5.88. The van der Waals surface area contributed by atoms with E-state index in [-0.39, 0.29) is 30.1 Å². The van der Waals surface area contributed by atoms with Crippen molar-refractivity contribution < 1.29 is 9.15 Å². The van der Waals surface area contributed by atoms with Crippen LogP contribution in [0.4, 0.5) is 0 Å². The first-order chi connectivity index (χ1) is 12.1. The van der Waals surface area contributed by atoms with Gasteiger partial charge in [-0.3, -0.25) is 4.99 Å². The molecule has 0 saturated carbocycles. The highest BCUT2D eigenvalue weighted by Crippen LogP contribution is 2.15. The molecule has 1 aromatic carbocycles. The highest BCUT2D eigenvalue weighted by molar-refractivity contribution is 14.0. The average Bonchev–Trinajstić information content (AvgIpc) is 2.95. The fraction of sp³-hybridized carbons (Fsp3) is 0.474. The molecule has 1 unspecified atom stereocenters. The number of nitrogens with zero attached hydrogens (tertiary/aromatic N) is 2. The van der Waals surface area contributed by atoms with E-state index in [2.05, 4.69) is 39.7 Å². The average molecular weight is 472 g/mol. The first kappa shape index (κ1) is 22.4. The molecule has 1 aromatic heterocycles. The number of hydrogen-bond acceptors (Lipinski definition) is 4. The molecule has 2 rings (SSSR count). The molecule has 2 N–H and O–H groups in total. The highest BCUT2D eigenvalue weighted by Gasteiger charge is 2.07. The zero-order valence-corrected chi connectivity index (χ0v) is 18.2. The van der Waals surface area contributed by atoms with E-state index in [1.54, 1.807) is 7.05 Å². The minimum atomic E-state index is 0. The molecule has 144 valence electrons. The molecule has 0 saturated heterocycles. The third-order valence-electron chi connectivity index (χ3n) is 3.95. The Morgan fingerprint density at radius 3 is 2.58 bits per heavy atom. The van der Waals surface area contributed by atoms with Crippen LogP contribution in [-0.4, -0.2) is 31.1 Å². The molecule has 0 radical (unpaired) electrons. The van der Waals surface area contributed by atoms with Gasteiger partial charge in [-0.15, -0.1) is 24.0 Å². The fourth-order valence-electron chi connectivity index (χ4n) is 2.35. The number of rotatable bonds is 8. The molecule has 0 aliphatic rings. The topological polar surface area (TPSA) is 71.7 Å². The van der Waals surface area contributed by atoms with Gasteiger partial charge < -0.3 is 19.8 Å². The maximum Gasteiger partial charge on any atom is 0.214 e. The van der Waals surface area contributed by atoms with Gasteiger partial charge in [0.1, 0.15) is 5.76 Å². The van der Waals surface area contributed by atoms with Gasteiger partial charge in [0.25, 0.3) is 0 Å². The van der Waals surface area contributed by atoms with Crippen LogP contribution in [0.15, 0.2) is 39.7 Å². The molecule has 0 amide bonds. The molecular weight excluding hydrogens is 443 g/mol. The summed E-state index contributed by atoms with van der Waals surface area (Å²) in [7, 11) is 1.75. The lowest BCUT2D eigenvalue weighted by Gasteiger charge is -2.14. The smallest absolute Gasteiger partial charge is 0.214 e. The highest BCUT2D eigenvalue weighted by atomic mass is 127. The van der Waals surface area contributed by atoms with Gasteiger partial charge in [0.15, 0.2) is 5.96 Å². The second kappa shape index (κ2) is 11.9. The van der Waals surface area contributed by atoms with Crippen LogP contribution in [0, 0.1) is 13.8 Å². The molecule has 6 nitrogen and oxygen atoms in total. The summed E-state index contributed by atoms with van der Waals surface area (Å²) in [4.78, 5) is 8.54. The predicted molar refractivity (Wildman–Crippen MR) is 115 cm³/mol. The Bertz CT molecular complexity index is 654. The SMILES string of the molecule is CN=C(NCCCOC(C)c1ccccc1)NCc1nc(C)c(C)o1.I. The molecule has 0 fully saturated rings. The predicted octanol–water partition coefficient (Wildman–Crippen LogP) is 3.74. The van der Waals surface area contributed by atoms with E-state index < -0.39 is 0 Å². The van der Waals surface area contributed by atoms with Crippen molar-refractivity contribution in [3.8, 4) is 0 Å². The Balaban J connectivity index is 0.00000338. The van der Waals surface area contributed by atoms with Gasteiger partial charge in [-0.25, -0.2) is 4.98 Å². The summed E-state index contributed by atoms with van der Waals surface area (Å²) in [5, 5.41) is 6.46. The Hall–Kier alpha value is -1.61. The first-order valence-corrected chi connectivity index (χ1v) is 8.64. The Morgan fingerprint density at radius 2 is 1.96 bits per heavy atom. The molecule has 0 bridgehead atoms. The number of aromatic nitrogens is 1. The summed E-state index contributed by atoms with van der Waals surface area (Å²) < 4.78 is 11.4. The van der Waals surface area contributed by atoms with Crippen LogP contribution in [0.2, 0.25) is 0 Å². The molecule has 26 heavy (non-hydrogen) atoms. The number of guanidine groups is 1. The molecule has 0 aliphatic heterocycles. The number of hydrogen-bond donors (Lipinski definition) is 2. The largest absolute Gasteiger partial charge is 0.444 e. The van der Waals surface area contributed by atoms with Crippen LogP contribution in [0.25, 0.3) is 0 Å². The lowest BCUT2D eigenvalue weighted by Crippen LogP contribution is -2.37. The number of aliphatic imine (C=N–C) groups is 1. The minimum absolute atomic E-state index is 0. The van der Waals surface area contributed by atoms with E-state index in [9.17, 15) is 0 Å². The maximum absolute atomic E-state index is 5.86. The van der Waals surface area contributed by atoms with E-state index in [0.29, 0.717) is 19.0 Å². The Morgan fingerprint density at radius 1 is 1.23 bits per heavy atom. The zero-order valence-electron chi connectivity index (χ0n) is 15.9. The normalized spacial score (nSPS) is 12.4. The number of ether oxygens (including phenoxy) is 1. The molecule has 7 heteroatoms. The second-order valence-electron chi connectivity index (χ2n) is 5.88. The van der Waals surface area contributed by atoms with E-state index >= 15 is 0 Å². The van der Waals surface area contributed by atoms with Crippen LogP contribution in [0.5, 0.6) is 0 Å². The van der Waals surface area contributed by atoms with Gasteiger partial charge in [-0.2, -0.15) is 0 Å². The van der Waals surface area contributed by atoms with Crippen LogP contribution >= 0.6 is 24.0 Å². The standard InChI is InChI=1S/C19H28N4O2.HI/c1-14-15(2)25-18(23-14)13-22-19(20-4)21-11-8-12-24-16(3)17-9-6-5-7-10-17;/h5-7,9-10,16H,8,11-13H2,1-4H3,(H2,20,21,22);1H. The lowest BCUT2D eigenvalue weighted by molar-refractivity contribution is 0.0646. The van der Waals surface area contributed by atoms with Crippen LogP contribution in [0.1, 0.15) is 42.4 Å². The molecule has 2 aromatic rings. The monoisotopic (exact) mass is 472 g/mol. The lowest BCUT2D eigenvalue weighted by atomic mass is 10.1. The van der Waals surface area contributed by atoms with Crippen molar-refractivity contribution >= 4 is 29.9 Å². The number of oxazole rings is 1. The fourth-order valence-corrected chi connectivity index (χ4v) is 2.35. The van der Waals surface area contributed by atoms with Crippen LogP contribution < -0.4 is 10.6 Å². The van der Waals surface area contributed by atoms with E-state index in [1.165, 1.54) is 5.56 Å². The van der Waals surface area contributed by atoms with E-state index in [1.807, 2.05) is 32.0 Å². The summed E-state index contributed by atoms with van der Waals surface area (Å²) in [5.41, 5.74) is 2.12. The summed E-state index contributed by atoms with van der Waals surface area (Å²) in [6.45, 7) is 7.91. The van der Waals surface area contributed by atoms with Gasteiger partial charge in [0.05, 0.1) is 18.3 Å². The van der Waals surface area contributed by atoms with Gasteiger partial charge >= 0.3 is 0 Å². The summed E-state index contributed by atoms with van der Waals surface area (Å²) >= 11 is 0. The van der Waals surface area contributed by atoms with Gasteiger partial charge in [-0.1, -0.05) is 30.3 Å². The number of halogens is 1. The van der Waals surface area contributed by atoms with Gasteiger partial charge in [0, 0.05) is 20.2 Å². The zero-order chi connectivity index (χ0) is 18.1. The van der Waals surface area contributed by atoms with Crippen molar-refractivity contribution in [3.05, 3.63) is 53.2 Å². The summed E-state index contributed by atoms with van der Waals surface area (Å²) in [5.74, 6) is 2.24. The summed E-state index contributed by atoms with van der Waals surface area (Å²) in [6, 6.07) is 10.2. The maximum atomic E-state index is 5.86. The Labute approximate surface area is 172 Å². The van der Waals surface area contributed by atoms with Gasteiger partial charge in [0.2, 0.25) is 5.89 Å². The van der Waals surface area contributed by atoms with Crippen molar-refractivity contribution in [2.75, 3.05) is 20.2 Å². The van der Waals surface area contributed by atoms with E-state index in [0.717, 1.165) is 30.4 Å². The molecule has 1 atom stereocenters. The third-order valence-corrected chi connectivity index (χ3v) is 3.95. The molecule has 1 heterocycles. The van der Waals surface area contributed by atoms with Crippen molar-refractivity contribution in [1.82, 2.24) is 15.6 Å². The van der Waals surface area contributed by atoms with Crippen molar-refractivity contribution in [2.24, 2.45) is 4.99 Å². The van der Waals surface area contributed by atoms with Crippen molar-refractivity contribution in [2.45, 2.75) is 39.8 Å². The third kappa shape index (κ3) is 7.33. The quantitative estimate of drug-likeness (QED) is 0.265. The summed E-state index contributed by atoms with van der Waals surface area (Å²) in [6.07, 6.45) is 1.00. The number of aryl methyl sites for hydroxylation is 2. The molecule has 0 spiro atoms. The number of benzene rings is 1. The van der Waals surface area contributed by atoms with Crippen molar-refractivity contribution in [3.63, 3.8) is 0 Å². The minimum Gasteiger partial charge on any atom is -0.444 e.